The van der Waals surface area contributed by atoms with Crippen LogP contribution in [0.15, 0.2) is 0 Å². The molecule has 2 atom stereocenters. The number of amides is 2. The van der Waals surface area contributed by atoms with E-state index in [1.807, 2.05) is 0 Å². The summed E-state index contributed by atoms with van der Waals surface area (Å²) in [4.78, 5) is 25.1. The molecule has 3 aliphatic rings. The van der Waals surface area contributed by atoms with Gasteiger partial charge in [-0.05, 0) is 25.7 Å². The molecule has 3 fully saturated rings. The van der Waals surface area contributed by atoms with Crippen molar-refractivity contribution in [3.05, 3.63) is 0 Å². The molecule has 2 amide bonds. The average Bonchev–Trinajstić information content (AvgIpc) is 2.66. The molecule has 6 heteroatoms. The standard InChI is InChI=1S/C13H20N2O4/c16-11(17)13(4-1-5-13)8-14-12(18)15-6-9-2-3-10(7-15)19-9/h9-10H,1-8H2,(H,14,18)(H,16,17). The zero-order chi connectivity index (χ0) is 13.5. The second-order valence-electron chi connectivity index (χ2n) is 5.96. The molecule has 106 valence electrons. The summed E-state index contributed by atoms with van der Waals surface area (Å²) >= 11 is 0. The van der Waals surface area contributed by atoms with Crippen molar-refractivity contribution < 1.29 is 19.4 Å². The molecule has 0 aromatic rings. The number of fused-ring (bicyclic) bond motifs is 2. The molecule has 2 saturated heterocycles. The number of urea groups is 1. The number of morpholine rings is 1. The fraction of sp³-hybridized carbons (Fsp3) is 0.846. The van der Waals surface area contributed by atoms with Crippen molar-refractivity contribution in [1.82, 2.24) is 10.2 Å². The van der Waals surface area contributed by atoms with Crippen molar-refractivity contribution in [2.45, 2.75) is 44.3 Å². The zero-order valence-corrected chi connectivity index (χ0v) is 10.9. The third-order valence-electron chi connectivity index (χ3n) is 4.67. The van der Waals surface area contributed by atoms with Gasteiger partial charge >= 0.3 is 12.0 Å². The third kappa shape index (κ3) is 2.29. The summed E-state index contributed by atoms with van der Waals surface area (Å²) in [6, 6.07) is -0.146. The quantitative estimate of drug-likeness (QED) is 0.794. The lowest BCUT2D eigenvalue weighted by Crippen LogP contribution is -2.54. The molecular formula is C13H20N2O4. The van der Waals surface area contributed by atoms with Crippen molar-refractivity contribution in [2.24, 2.45) is 5.41 Å². The van der Waals surface area contributed by atoms with E-state index in [1.54, 1.807) is 4.90 Å². The van der Waals surface area contributed by atoms with Crippen LogP contribution in [0.25, 0.3) is 0 Å². The number of ether oxygens (including phenoxy) is 1. The molecule has 2 unspecified atom stereocenters. The molecule has 0 spiro atoms. The Morgan fingerprint density at radius 3 is 2.37 bits per heavy atom. The second-order valence-corrected chi connectivity index (χ2v) is 5.96. The predicted octanol–water partition coefficient (Wildman–Crippen LogP) is 0.814. The van der Waals surface area contributed by atoms with Crippen LogP contribution in [0.5, 0.6) is 0 Å². The van der Waals surface area contributed by atoms with Crippen molar-refractivity contribution in [3.8, 4) is 0 Å². The summed E-state index contributed by atoms with van der Waals surface area (Å²) in [6.45, 7) is 1.50. The highest BCUT2D eigenvalue weighted by Crippen LogP contribution is 2.40. The van der Waals surface area contributed by atoms with Crippen LogP contribution in [0.4, 0.5) is 4.79 Å². The van der Waals surface area contributed by atoms with Gasteiger partial charge in [0.05, 0.1) is 17.6 Å². The molecule has 19 heavy (non-hydrogen) atoms. The van der Waals surface area contributed by atoms with Crippen LogP contribution in [0.3, 0.4) is 0 Å². The van der Waals surface area contributed by atoms with Crippen LogP contribution < -0.4 is 5.32 Å². The van der Waals surface area contributed by atoms with Gasteiger partial charge in [0.2, 0.25) is 0 Å². The van der Waals surface area contributed by atoms with E-state index in [-0.39, 0.29) is 24.8 Å². The molecule has 1 saturated carbocycles. The summed E-state index contributed by atoms with van der Waals surface area (Å²) in [7, 11) is 0. The van der Waals surface area contributed by atoms with Gasteiger partial charge in [0.1, 0.15) is 0 Å². The minimum absolute atomic E-state index is 0.146. The molecule has 0 aromatic carbocycles. The maximum Gasteiger partial charge on any atom is 0.317 e. The van der Waals surface area contributed by atoms with Gasteiger partial charge < -0.3 is 20.1 Å². The Balaban J connectivity index is 1.53. The maximum absolute atomic E-state index is 12.1. The Bertz CT molecular complexity index is 382. The zero-order valence-electron chi connectivity index (χ0n) is 10.9. The molecular weight excluding hydrogens is 248 g/mol. The first kappa shape index (κ1) is 12.7. The average molecular weight is 268 g/mol. The SMILES string of the molecule is O=C(NCC1(C(=O)O)CCC1)N1CC2CCC(C1)O2. The normalized spacial score (nSPS) is 31.7. The molecule has 3 rings (SSSR count). The van der Waals surface area contributed by atoms with Crippen LogP contribution in [0, 0.1) is 5.41 Å². The predicted molar refractivity (Wildman–Crippen MR) is 66.8 cm³/mol. The van der Waals surface area contributed by atoms with Gasteiger partial charge in [-0.25, -0.2) is 4.79 Å². The van der Waals surface area contributed by atoms with E-state index in [2.05, 4.69) is 5.32 Å². The molecule has 2 N–H and O–H groups in total. The fourth-order valence-corrected chi connectivity index (χ4v) is 3.21. The van der Waals surface area contributed by atoms with Crippen molar-refractivity contribution >= 4 is 12.0 Å². The number of aliphatic carboxylic acids is 1. The minimum Gasteiger partial charge on any atom is -0.481 e. The number of carboxylic acid groups (broad SMARTS) is 1. The van der Waals surface area contributed by atoms with E-state index >= 15 is 0 Å². The number of rotatable bonds is 3. The number of hydrogen-bond acceptors (Lipinski definition) is 3. The molecule has 2 heterocycles. The van der Waals surface area contributed by atoms with E-state index < -0.39 is 11.4 Å². The van der Waals surface area contributed by atoms with E-state index in [1.165, 1.54) is 0 Å². The lowest BCUT2D eigenvalue weighted by molar-refractivity contribution is -0.153. The van der Waals surface area contributed by atoms with E-state index in [4.69, 9.17) is 4.74 Å². The fourth-order valence-electron chi connectivity index (χ4n) is 3.21. The van der Waals surface area contributed by atoms with Gasteiger partial charge in [-0.3, -0.25) is 4.79 Å². The first-order valence-corrected chi connectivity index (χ1v) is 7.01. The van der Waals surface area contributed by atoms with Crippen molar-refractivity contribution in [1.29, 1.82) is 0 Å². The Morgan fingerprint density at radius 2 is 1.89 bits per heavy atom. The summed E-state index contributed by atoms with van der Waals surface area (Å²) < 4.78 is 5.68. The molecule has 2 bridgehead atoms. The largest absolute Gasteiger partial charge is 0.481 e. The second kappa shape index (κ2) is 4.67. The number of carbonyl (C=O) groups excluding carboxylic acids is 1. The van der Waals surface area contributed by atoms with Crippen LogP contribution in [0.1, 0.15) is 32.1 Å². The van der Waals surface area contributed by atoms with Gasteiger partial charge in [0.15, 0.2) is 0 Å². The minimum atomic E-state index is -0.791. The third-order valence-corrected chi connectivity index (χ3v) is 4.67. The summed E-state index contributed by atoms with van der Waals surface area (Å²) in [5.41, 5.74) is -0.721. The maximum atomic E-state index is 12.1. The van der Waals surface area contributed by atoms with Gasteiger partial charge in [-0.1, -0.05) is 6.42 Å². The Hall–Kier alpha value is -1.30. The van der Waals surface area contributed by atoms with Crippen LogP contribution >= 0.6 is 0 Å². The monoisotopic (exact) mass is 268 g/mol. The number of hydrogen-bond donors (Lipinski definition) is 2. The molecule has 0 radical (unpaired) electrons. The Labute approximate surface area is 112 Å². The molecule has 2 aliphatic heterocycles. The number of likely N-dealkylation sites (tertiary alicyclic amines) is 1. The molecule has 1 aliphatic carbocycles. The summed E-state index contributed by atoms with van der Waals surface area (Å²) in [5, 5.41) is 12.0. The van der Waals surface area contributed by atoms with Gasteiger partial charge in [-0.2, -0.15) is 0 Å². The van der Waals surface area contributed by atoms with Gasteiger partial charge in [0, 0.05) is 19.6 Å². The molecule has 0 aromatic heterocycles. The topological polar surface area (TPSA) is 78.9 Å². The molecule has 6 nitrogen and oxygen atoms in total. The number of carboxylic acids is 1. The Morgan fingerprint density at radius 1 is 1.26 bits per heavy atom. The highest BCUT2D eigenvalue weighted by Gasteiger charge is 2.45. The summed E-state index contributed by atoms with van der Waals surface area (Å²) in [6.07, 6.45) is 4.64. The van der Waals surface area contributed by atoms with Crippen LogP contribution in [-0.4, -0.2) is 53.8 Å². The van der Waals surface area contributed by atoms with Crippen LogP contribution in [0.2, 0.25) is 0 Å². The van der Waals surface area contributed by atoms with Crippen LogP contribution in [-0.2, 0) is 9.53 Å². The van der Waals surface area contributed by atoms with Crippen molar-refractivity contribution in [3.63, 3.8) is 0 Å². The Kier molecular flexibility index (Phi) is 3.12. The first-order chi connectivity index (χ1) is 9.09. The lowest BCUT2D eigenvalue weighted by atomic mass is 9.69. The van der Waals surface area contributed by atoms with E-state index in [9.17, 15) is 14.7 Å². The summed E-state index contributed by atoms with van der Waals surface area (Å²) in [5.74, 6) is -0.791. The lowest BCUT2D eigenvalue weighted by Gasteiger charge is -2.39. The van der Waals surface area contributed by atoms with E-state index in [0.29, 0.717) is 25.9 Å². The first-order valence-electron chi connectivity index (χ1n) is 7.01. The number of nitrogens with one attached hydrogen (secondary N) is 1. The van der Waals surface area contributed by atoms with Gasteiger partial charge in [-0.15, -0.1) is 0 Å². The van der Waals surface area contributed by atoms with E-state index in [0.717, 1.165) is 19.3 Å². The van der Waals surface area contributed by atoms with Crippen molar-refractivity contribution in [2.75, 3.05) is 19.6 Å². The highest BCUT2D eigenvalue weighted by atomic mass is 16.5. The highest BCUT2D eigenvalue weighted by molar-refractivity contribution is 5.79. The van der Waals surface area contributed by atoms with Gasteiger partial charge in [0.25, 0.3) is 0 Å². The number of nitrogens with zero attached hydrogens (tertiary/aromatic N) is 1. The smallest absolute Gasteiger partial charge is 0.317 e. The number of carbonyl (C=O) groups is 2.